The van der Waals surface area contributed by atoms with Crippen LogP contribution in [0.2, 0.25) is 0 Å². The van der Waals surface area contributed by atoms with Gasteiger partial charge in [0.2, 0.25) is 0 Å². The number of benzene rings is 2. The molecule has 0 aliphatic carbocycles. The number of aromatic nitrogens is 3. The molecule has 0 amide bonds. The maximum Gasteiger partial charge on any atom is 0.163 e. The third-order valence-electron chi connectivity index (χ3n) is 5.02. The van der Waals surface area contributed by atoms with E-state index in [0.29, 0.717) is 30.5 Å². The summed E-state index contributed by atoms with van der Waals surface area (Å²) in [6.07, 6.45) is 3.52. The van der Waals surface area contributed by atoms with Crippen molar-refractivity contribution in [3.05, 3.63) is 60.6 Å². The second kappa shape index (κ2) is 8.20. The van der Waals surface area contributed by atoms with Gasteiger partial charge in [0.1, 0.15) is 25.6 Å². The van der Waals surface area contributed by atoms with E-state index in [9.17, 15) is 0 Å². The topological polar surface area (TPSA) is 86.6 Å². The third-order valence-corrected chi connectivity index (χ3v) is 5.02. The summed E-state index contributed by atoms with van der Waals surface area (Å²) in [6.45, 7) is 3.14. The maximum absolute atomic E-state index is 9.04. The van der Waals surface area contributed by atoms with Crippen LogP contribution in [0, 0.1) is 6.92 Å². The minimum atomic E-state index is -0.0398. The maximum atomic E-state index is 9.04. The number of aryl methyl sites for hydroxylation is 1. The third kappa shape index (κ3) is 3.87. The Bertz CT molecular complexity index is 1240. The normalized spacial score (nSPS) is 12.7. The number of hydrogen-bond acceptors (Lipinski definition) is 7. The molecule has 2 aromatic carbocycles. The van der Waals surface area contributed by atoms with Gasteiger partial charge in [0, 0.05) is 28.8 Å². The number of pyridine rings is 1. The van der Waals surface area contributed by atoms with E-state index in [-0.39, 0.29) is 13.2 Å². The van der Waals surface area contributed by atoms with Crippen LogP contribution in [0.3, 0.4) is 0 Å². The molecule has 0 fully saturated rings. The molecule has 3 heterocycles. The average molecular weight is 415 g/mol. The zero-order chi connectivity index (χ0) is 21.2. The summed E-state index contributed by atoms with van der Waals surface area (Å²) in [4.78, 5) is 13.9. The van der Waals surface area contributed by atoms with Crippen molar-refractivity contribution in [1.82, 2.24) is 15.0 Å². The first kappa shape index (κ1) is 19.3. The summed E-state index contributed by atoms with van der Waals surface area (Å²) >= 11 is 0. The fraction of sp³-hybridized carbons (Fsp3) is 0.208. The number of aliphatic hydroxyl groups is 1. The molecule has 1 N–H and O–H groups in total. The lowest BCUT2D eigenvalue weighted by Crippen LogP contribution is -2.15. The molecule has 7 heteroatoms. The van der Waals surface area contributed by atoms with Crippen LogP contribution in [0.1, 0.15) is 5.69 Å². The average Bonchev–Trinajstić information content (AvgIpc) is 2.81. The first-order valence-corrected chi connectivity index (χ1v) is 10.1. The van der Waals surface area contributed by atoms with Crippen LogP contribution in [-0.2, 0) is 0 Å². The number of hydrogen-bond donors (Lipinski definition) is 1. The lowest BCUT2D eigenvalue weighted by Gasteiger charge is -2.20. The fourth-order valence-corrected chi connectivity index (χ4v) is 3.56. The standard InChI is InChI=1S/C24H21N3O4/c1-15-13-26-22(14-25-15)18-10-20(16-3-2-4-17(9-16)29-6-5-28)27-21-12-24-23(11-19(18)21)30-7-8-31-24/h2-4,9-14,28H,5-8H2,1H3. The van der Waals surface area contributed by atoms with Crippen molar-refractivity contribution in [3.63, 3.8) is 0 Å². The molecule has 156 valence electrons. The van der Waals surface area contributed by atoms with Gasteiger partial charge in [-0.1, -0.05) is 12.1 Å². The van der Waals surface area contributed by atoms with Crippen molar-refractivity contribution in [2.75, 3.05) is 26.4 Å². The predicted molar refractivity (Wildman–Crippen MR) is 117 cm³/mol. The molecule has 0 atom stereocenters. The van der Waals surface area contributed by atoms with E-state index in [4.69, 9.17) is 24.3 Å². The number of ether oxygens (including phenoxy) is 3. The molecular weight excluding hydrogens is 394 g/mol. The second-order valence-electron chi connectivity index (χ2n) is 7.21. The van der Waals surface area contributed by atoms with Gasteiger partial charge in [0.25, 0.3) is 0 Å². The van der Waals surface area contributed by atoms with Crippen LogP contribution >= 0.6 is 0 Å². The molecule has 1 aliphatic rings. The lowest BCUT2D eigenvalue weighted by atomic mass is 10.0. The highest BCUT2D eigenvalue weighted by Gasteiger charge is 2.18. The Balaban J connectivity index is 1.70. The molecule has 1 aliphatic heterocycles. The first-order chi connectivity index (χ1) is 15.2. The Hall–Kier alpha value is -3.71. The molecule has 0 saturated heterocycles. The quantitative estimate of drug-likeness (QED) is 0.530. The highest BCUT2D eigenvalue weighted by Crippen LogP contribution is 2.39. The van der Waals surface area contributed by atoms with Gasteiger partial charge < -0.3 is 19.3 Å². The van der Waals surface area contributed by atoms with Gasteiger partial charge in [-0.15, -0.1) is 0 Å². The Morgan fingerprint density at radius 2 is 1.81 bits per heavy atom. The van der Waals surface area contributed by atoms with Crippen molar-refractivity contribution >= 4 is 10.9 Å². The van der Waals surface area contributed by atoms with E-state index >= 15 is 0 Å². The molecule has 0 radical (unpaired) electrons. The first-order valence-electron chi connectivity index (χ1n) is 10.1. The minimum absolute atomic E-state index is 0.0398. The predicted octanol–water partition coefficient (Wildman–Crippen LogP) is 3.81. The largest absolute Gasteiger partial charge is 0.491 e. The molecule has 2 aromatic heterocycles. The molecule has 0 spiro atoms. The Morgan fingerprint density at radius 1 is 0.968 bits per heavy atom. The van der Waals surface area contributed by atoms with Crippen molar-refractivity contribution in [2.24, 2.45) is 0 Å². The van der Waals surface area contributed by atoms with E-state index in [2.05, 4.69) is 9.97 Å². The van der Waals surface area contributed by atoms with Crippen molar-refractivity contribution in [2.45, 2.75) is 6.92 Å². The second-order valence-corrected chi connectivity index (χ2v) is 7.21. The van der Waals surface area contributed by atoms with Gasteiger partial charge in [-0.05, 0) is 31.2 Å². The van der Waals surface area contributed by atoms with E-state index in [0.717, 1.165) is 39.1 Å². The minimum Gasteiger partial charge on any atom is -0.491 e. The van der Waals surface area contributed by atoms with E-state index in [1.807, 2.05) is 49.4 Å². The van der Waals surface area contributed by atoms with E-state index in [1.165, 1.54) is 0 Å². The zero-order valence-corrected chi connectivity index (χ0v) is 17.0. The fourth-order valence-electron chi connectivity index (χ4n) is 3.56. The summed E-state index contributed by atoms with van der Waals surface area (Å²) in [5, 5.41) is 9.95. The van der Waals surface area contributed by atoms with Crippen LogP contribution in [0.4, 0.5) is 0 Å². The monoisotopic (exact) mass is 415 g/mol. The summed E-state index contributed by atoms with van der Waals surface area (Å²) in [7, 11) is 0. The van der Waals surface area contributed by atoms with Gasteiger partial charge in [-0.25, -0.2) is 4.98 Å². The van der Waals surface area contributed by atoms with Crippen LogP contribution in [0.25, 0.3) is 33.4 Å². The Labute approximate surface area is 179 Å². The molecular formula is C24H21N3O4. The van der Waals surface area contributed by atoms with Crippen LogP contribution in [0.15, 0.2) is 54.9 Å². The van der Waals surface area contributed by atoms with Crippen molar-refractivity contribution in [1.29, 1.82) is 0 Å². The van der Waals surface area contributed by atoms with Gasteiger partial charge in [-0.2, -0.15) is 0 Å². The summed E-state index contributed by atoms with van der Waals surface area (Å²) in [5.74, 6) is 2.06. The Kier molecular flexibility index (Phi) is 5.09. The summed E-state index contributed by atoms with van der Waals surface area (Å²) < 4.78 is 17.1. The van der Waals surface area contributed by atoms with E-state index < -0.39 is 0 Å². The SMILES string of the molecule is Cc1cnc(-c2cc(-c3cccc(OCCO)c3)nc3cc4c(cc23)OCCO4)cn1. The zero-order valence-electron chi connectivity index (χ0n) is 17.0. The number of nitrogens with zero attached hydrogens (tertiary/aromatic N) is 3. The van der Waals surface area contributed by atoms with Crippen molar-refractivity contribution in [3.8, 4) is 39.8 Å². The van der Waals surface area contributed by atoms with Gasteiger partial charge in [0.15, 0.2) is 11.5 Å². The van der Waals surface area contributed by atoms with Crippen molar-refractivity contribution < 1.29 is 19.3 Å². The molecule has 4 aromatic rings. The Morgan fingerprint density at radius 3 is 2.58 bits per heavy atom. The van der Waals surface area contributed by atoms with Gasteiger partial charge >= 0.3 is 0 Å². The molecule has 0 unspecified atom stereocenters. The van der Waals surface area contributed by atoms with Crippen LogP contribution < -0.4 is 14.2 Å². The number of rotatable bonds is 5. The molecule has 7 nitrogen and oxygen atoms in total. The summed E-state index contributed by atoms with van der Waals surface area (Å²) in [5.41, 5.74) is 4.96. The molecule has 31 heavy (non-hydrogen) atoms. The smallest absolute Gasteiger partial charge is 0.163 e. The number of aliphatic hydroxyl groups excluding tert-OH is 1. The molecule has 0 bridgehead atoms. The van der Waals surface area contributed by atoms with Crippen LogP contribution in [0.5, 0.6) is 17.2 Å². The van der Waals surface area contributed by atoms with Gasteiger partial charge in [-0.3, -0.25) is 9.97 Å². The van der Waals surface area contributed by atoms with E-state index in [1.54, 1.807) is 12.4 Å². The van der Waals surface area contributed by atoms with Gasteiger partial charge in [0.05, 0.1) is 35.4 Å². The highest BCUT2D eigenvalue weighted by atomic mass is 16.6. The summed E-state index contributed by atoms with van der Waals surface area (Å²) in [6, 6.07) is 13.5. The number of fused-ring (bicyclic) bond motifs is 2. The lowest BCUT2D eigenvalue weighted by molar-refractivity contribution is 0.172. The van der Waals surface area contributed by atoms with Crippen LogP contribution in [-0.4, -0.2) is 46.5 Å². The molecule has 5 rings (SSSR count). The molecule has 0 saturated carbocycles. The highest BCUT2D eigenvalue weighted by molar-refractivity contribution is 5.97.